The van der Waals surface area contributed by atoms with Gasteiger partial charge in [0, 0.05) is 29.3 Å². The Labute approximate surface area is 140 Å². The molecule has 1 amide bonds. The molecule has 3 rings (SSSR count). The van der Waals surface area contributed by atoms with E-state index in [2.05, 4.69) is 20.6 Å². The van der Waals surface area contributed by atoms with Crippen LogP contribution in [0.15, 0.2) is 30.3 Å². The van der Waals surface area contributed by atoms with Gasteiger partial charge in [-0.1, -0.05) is 0 Å². The molecular weight excluding hydrogens is 306 g/mol. The molecule has 0 spiro atoms. The van der Waals surface area contributed by atoms with Crippen molar-refractivity contribution in [2.24, 2.45) is 0 Å². The number of hydrogen-bond donors (Lipinski definition) is 4. The summed E-state index contributed by atoms with van der Waals surface area (Å²) in [7, 11) is 0. The molecular formula is C17H21N5O2. The highest BCUT2D eigenvalue weighted by Gasteiger charge is 2.26. The number of aliphatic hydroxyl groups excluding tert-OH is 1. The zero-order chi connectivity index (χ0) is 17.1. The number of amides is 1. The van der Waals surface area contributed by atoms with Gasteiger partial charge in [-0.15, -0.1) is 0 Å². The topological polar surface area (TPSA) is 113 Å². The first-order valence-corrected chi connectivity index (χ1v) is 7.98. The number of anilines is 3. The van der Waals surface area contributed by atoms with E-state index in [9.17, 15) is 9.90 Å². The molecule has 7 heteroatoms. The Balaban J connectivity index is 1.80. The number of nitrogens with one attached hydrogen (secondary N) is 2. The van der Waals surface area contributed by atoms with Crippen molar-refractivity contribution in [2.45, 2.75) is 31.7 Å². The van der Waals surface area contributed by atoms with Crippen LogP contribution in [0.5, 0.6) is 0 Å². The van der Waals surface area contributed by atoms with E-state index in [1.807, 2.05) is 13.0 Å². The maximum absolute atomic E-state index is 12.3. The van der Waals surface area contributed by atoms with E-state index in [1.165, 1.54) is 0 Å². The highest BCUT2D eigenvalue weighted by Crippen LogP contribution is 2.39. The van der Waals surface area contributed by atoms with Crippen molar-refractivity contribution in [1.82, 2.24) is 9.97 Å². The number of aromatic nitrogens is 2. The maximum atomic E-state index is 12.3. The first-order valence-electron chi connectivity index (χ1n) is 7.98. The van der Waals surface area contributed by atoms with Gasteiger partial charge in [0.15, 0.2) is 0 Å². The van der Waals surface area contributed by atoms with Gasteiger partial charge in [-0.25, -0.2) is 4.98 Å². The molecule has 1 saturated carbocycles. The molecule has 7 nitrogen and oxygen atoms in total. The summed E-state index contributed by atoms with van der Waals surface area (Å²) in [5, 5.41) is 15.0. The minimum Gasteiger partial charge on any atom is -0.399 e. The lowest BCUT2D eigenvalue weighted by Gasteiger charge is -2.13. The summed E-state index contributed by atoms with van der Waals surface area (Å²) >= 11 is 0. The average molecular weight is 327 g/mol. The lowest BCUT2D eigenvalue weighted by Crippen LogP contribution is -2.22. The molecule has 126 valence electrons. The van der Waals surface area contributed by atoms with Crippen molar-refractivity contribution in [3.63, 3.8) is 0 Å². The summed E-state index contributed by atoms with van der Waals surface area (Å²) in [6.45, 7) is 1.81. The molecule has 24 heavy (non-hydrogen) atoms. The molecule has 1 aliphatic carbocycles. The standard InChI is InChI=1S/C17H21N5O2/c1-10(9-23)19-17-20-14(11-2-3-11)8-15(22-17)21-16(24)12-4-6-13(18)7-5-12/h4-8,10-11,23H,2-3,9,18H2,1H3,(H2,19,20,21,22,24)/t10-/m0/s1. The summed E-state index contributed by atoms with van der Waals surface area (Å²) in [5.41, 5.74) is 7.66. The van der Waals surface area contributed by atoms with Crippen molar-refractivity contribution in [1.29, 1.82) is 0 Å². The van der Waals surface area contributed by atoms with Gasteiger partial charge in [0.05, 0.1) is 12.3 Å². The van der Waals surface area contributed by atoms with Crippen LogP contribution in [0.1, 0.15) is 41.7 Å². The van der Waals surface area contributed by atoms with Crippen LogP contribution >= 0.6 is 0 Å². The number of benzene rings is 1. The molecule has 0 radical (unpaired) electrons. The zero-order valence-corrected chi connectivity index (χ0v) is 13.5. The van der Waals surface area contributed by atoms with Crippen molar-refractivity contribution in [3.8, 4) is 0 Å². The monoisotopic (exact) mass is 327 g/mol. The van der Waals surface area contributed by atoms with E-state index in [4.69, 9.17) is 5.73 Å². The molecule has 1 aromatic carbocycles. The van der Waals surface area contributed by atoms with Crippen LogP contribution in [0.4, 0.5) is 17.5 Å². The minimum atomic E-state index is -0.253. The predicted octanol–water partition coefficient (Wildman–Crippen LogP) is 1.98. The Hall–Kier alpha value is -2.67. The third-order valence-corrected chi connectivity index (χ3v) is 3.81. The van der Waals surface area contributed by atoms with E-state index in [1.54, 1.807) is 24.3 Å². The Bertz CT molecular complexity index is 728. The summed E-state index contributed by atoms with van der Waals surface area (Å²) in [4.78, 5) is 21.1. The zero-order valence-electron chi connectivity index (χ0n) is 13.5. The quantitative estimate of drug-likeness (QED) is 0.603. The first-order chi connectivity index (χ1) is 11.5. The van der Waals surface area contributed by atoms with Gasteiger partial charge in [-0.2, -0.15) is 4.98 Å². The molecule has 1 atom stereocenters. The number of carbonyl (C=O) groups is 1. The van der Waals surface area contributed by atoms with Crippen LogP contribution in [0.2, 0.25) is 0 Å². The lowest BCUT2D eigenvalue weighted by atomic mass is 10.2. The molecule has 5 N–H and O–H groups in total. The van der Waals surface area contributed by atoms with E-state index >= 15 is 0 Å². The Morgan fingerprint density at radius 1 is 1.33 bits per heavy atom. The second-order valence-electron chi connectivity index (χ2n) is 6.08. The van der Waals surface area contributed by atoms with Crippen LogP contribution in [-0.2, 0) is 0 Å². The normalized spacial score (nSPS) is 14.9. The van der Waals surface area contributed by atoms with Gasteiger partial charge in [-0.3, -0.25) is 4.79 Å². The number of nitrogens with two attached hydrogens (primary N) is 1. The van der Waals surface area contributed by atoms with E-state index in [-0.39, 0.29) is 18.6 Å². The van der Waals surface area contributed by atoms with Crippen LogP contribution < -0.4 is 16.4 Å². The number of carbonyl (C=O) groups excluding carboxylic acids is 1. The Morgan fingerprint density at radius 3 is 2.67 bits per heavy atom. The third kappa shape index (κ3) is 3.99. The molecule has 1 fully saturated rings. The SMILES string of the molecule is C[C@@H](CO)Nc1nc(NC(=O)c2ccc(N)cc2)cc(C2CC2)n1. The minimum absolute atomic E-state index is 0.0237. The number of hydrogen-bond acceptors (Lipinski definition) is 6. The third-order valence-electron chi connectivity index (χ3n) is 3.81. The average Bonchev–Trinajstić information content (AvgIpc) is 3.40. The summed E-state index contributed by atoms with van der Waals surface area (Å²) in [6.07, 6.45) is 2.19. The number of rotatable bonds is 6. The van der Waals surface area contributed by atoms with Gasteiger partial charge in [-0.05, 0) is 44.0 Å². The summed E-state index contributed by atoms with van der Waals surface area (Å²) in [5.74, 6) is 1.02. The number of aliphatic hydroxyl groups is 1. The smallest absolute Gasteiger partial charge is 0.256 e. The van der Waals surface area contributed by atoms with Crippen LogP contribution in [-0.4, -0.2) is 33.6 Å². The van der Waals surface area contributed by atoms with Gasteiger partial charge < -0.3 is 21.5 Å². The fraction of sp³-hybridized carbons (Fsp3) is 0.353. The van der Waals surface area contributed by atoms with E-state index in [0.29, 0.717) is 28.9 Å². The lowest BCUT2D eigenvalue weighted by molar-refractivity contribution is 0.102. The molecule has 2 aromatic rings. The fourth-order valence-electron chi connectivity index (χ4n) is 2.27. The van der Waals surface area contributed by atoms with Gasteiger partial charge in [0.1, 0.15) is 5.82 Å². The molecule has 1 heterocycles. The highest BCUT2D eigenvalue weighted by atomic mass is 16.3. The molecule has 1 aliphatic rings. The van der Waals surface area contributed by atoms with Crippen LogP contribution in [0.25, 0.3) is 0 Å². The Morgan fingerprint density at radius 2 is 2.04 bits per heavy atom. The second kappa shape index (κ2) is 6.84. The summed E-state index contributed by atoms with van der Waals surface area (Å²) in [6, 6.07) is 8.34. The number of nitrogens with zero attached hydrogens (tertiary/aromatic N) is 2. The van der Waals surface area contributed by atoms with Gasteiger partial charge in [0.25, 0.3) is 5.91 Å². The van der Waals surface area contributed by atoms with Crippen LogP contribution in [0.3, 0.4) is 0 Å². The van der Waals surface area contributed by atoms with Crippen molar-refractivity contribution in [3.05, 3.63) is 41.6 Å². The van der Waals surface area contributed by atoms with E-state index in [0.717, 1.165) is 18.5 Å². The molecule has 0 aliphatic heterocycles. The van der Waals surface area contributed by atoms with Crippen molar-refractivity contribution < 1.29 is 9.90 Å². The van der Waals surface area contributed by atoms with Gasteiger partial charge in [0.2, 0.25) is 5.95 Å². The predicted molar refractivity (Wildman–Crippen MR) is 93.0 cm³/mol. The maximum Gasteiger partial charge on any atom is 0.256 e. The van der Waals surface area contributed by atoms with Crippen molar-refractivity contribution >= 4 is 23.4 Å². The molecule has 0 saturated heterocycles. The molecule has 0 bridgehead atoms. The number of nitrogen functional groups attached to an aromatic ring is 1. The highest BCUT2D eigenvalue weighted by molar-refractivity contribution is 6.04. The largest absolute Gasteiger partial charge is 0.399 e. The van der Waals surface area contributed by atoms with E-state index < -0.39 is 0 Å². The Kier molecular flexibility index (Phi) is 4.61. The fourth-order valence-corrected chi connectivity index (χ4v) is 2.27. The van der Waals surface area contributed by atoms with Crippen molar-refractivity contribution in [2.75, 3.05) is 23.0 Å². The second-order valence-corrected chi connectivity index (χ2v) is 6.08. The van der Waals surface area contributed by atoms with Crippen LogP contribution in [0, 0.1) is 0 Å². The van der Waals surface area contributed by atoms with Gasteiger partial charge >= 0.3 is 0 Å². The summed E-state index contributed by atoms with van der Waals surface area (Å²) < 4.78 is 0. The molecule has 1 aromatic heterocycles. The molecule has 0 unspecified atom stereocenters. The first kappa shape index (κ1) is 16.2.